The molecule has 0 aromatic heterocycles. The van der Waals surface area contributed by atoms with Crippen molar-refractivity contribution in [1.29, 1.82) is 0 Å². The molecule has 2 rings (SSSR count). The topological polar surface area (TPSA) is 0 Å². The third kappa shape index (κ3) is 6.22. The summed E-state index contributed by atoms with van der Waals surface area (Å²) in [4.78, 5) is 1.49. The summed E-state index contributed by atoms with van der Waals surface area (Å²) in [6.07, 6.45) is 1.27. The standard InChI is InChI=1S/C9H10S.3C2H6/c1-7-2-3-9-8(6-7)4-5-10-9;3*1-2/h2-3,6H,4-5H2,1H3;3*1-2H3. The van der Waals surface area contributed by atoms with Crippen LogP contribution in [0, 0.1) is 6.92 Å². The molecular formula is C15H28S. The first kappa shape index (κ1) is 17.9. The van der Waals surface area contributed by atoms with Gasteiger partial charge in [0.05, 0.1) is 0 Å². The van der Waals surface area contributed by atoms with E-state index in [1.165, 1.54) is 22.6 Å². The first-order valence-corrected chi connectivity index (χ1v) is 7.57. The van der Waals surface area contributed by atoms with Crippen LogP contribution in [0.4, 0.5) is 0 Å². The van der Waals surface area contributed by atoms with Gasteiger partial charge < -0.3 is 0 Å². The summed E-state index contributed by atoms with van der Waals surface area (Å²) in [5.74, 6) is 1.28. The summed E-state index contributed by atoms with van der Waals surface area (Å²) in [5.41, 5.74) is 2.94. The van der Waals surface area contributed by atoms with Crippen LogP contribution in [0.1, 0.15) is 52.7 Å². The molecule has 1 heteroatoms. The van der Waals surface area contributed by atoms with E-state index in [4.69, 9.17) is 0 Å². The highest BCUT2D eigenvalue weighted by molar-refractivity contribution is 7.99. The van der Waals surface area contributed by atoms with Gasteiger partial charge in [-0.25, -0.2) is 0 Å². The summed E-state index contributed by atoms with van der Waals surface area (Å²) >= 11 is 1.98. The summed E-state index contributed by atoms with van der Waals surface area (Å²) in [7, 11) is 0. The van der Waals surface area contributed by atoms with E-state index in [1.54, 1.807) is 5.56 Å². The minimum atomic E-state index is 1.27. The Bertz CT molecular complexity index is 254. The number of benzene rings is 1. The van der Waals surface area contributed by atoms with Crippen molar-refractivity contribution < 1.29 is 0 Å². The van der Waals surface area contributed by atoms with Crippen molar-refractivity contribution in [3.05, 3.63) is 29.3 Å². The maximum absolute atomic E-state index is 2.30. The Morgan fingerprint density at radius 1 is 0.938 bits per heavy atom. The van der Waals surface area contributed by atoms with Crippen LogP contribution in [0.15, 0.2) is 23.1 Å². The fourth-order valence-corrected chi connectivity index (χ4v) is 2.37. The molecule has 1 aliphatic rings. The van der Waals surface area contributed by atoms with Crippen LogP contribution >= 0.6 is 11.8 Å². The SMILES string of the molecule is CC.CC.CC.Cc1ccc2c(c1)CCS2. The maximum atomic E-state index is 2.30. The summed E-state index contributed by atoms with van der Waals surface area (Å²) in [6, 6.07) is 6.73. The van der Waals surface area contributed by atoms with Gasteiger partial charge in [-0.05, 0) is 25.0 Å². The van der Waals surface area contributed by atoms with Gasteiger partial charge in [0.15, 0.2) is 0 Å². The fraction of sp³-hybridized carbons (Fsp3) is 0.600. The van der Waals surface area contributed by atoms with Gasteiger partial charge in [0.1, 0.15) is 0 Å². The smallest absolute Gasteiger partial charge is 0.0105 e. The normalized spacial score (nSPS) is 10.7. The van der Waals surface area contributed by atoms with Crippen molar-refractivity contribution >= 4 is 11.8 Å². The van der Waals surface area contributed by atoms with Gasteiger partial charge in [-0.2, -0.15) is 0 Å². The van der Waals surface area contributed by atoms with Crippen molar-refractivity contribution in [2.45, 2.75) is 59.8 Å². The monoisotopic (exact) mass is 240 g/mol. The van der Waals surface area contributed by atoms with Crippen LogP contribution in [0.5, 0.6) is 0 Å². The second-order valence-electron chi connectivity index (χ2n) is 2.71. The number of rotatable bonds is 0. The molecule has 16 heavy (non-hydrogen) atoms. The van der Waals surface area contributed by atoms with Crippen LogP contribution in [0.3, 0.4) is 0 Å². The summed E-state index contributed by atoms with van der Waals surface area (Å²) in [5, 5.41) is 0. The molecule has 0 N–H and O–H groups in total. The Hall–Kier alpha value is -0.430. The molecule has 0 atom stereocenters. The lowest BCUT2D eigenvalue weighted by atomic mass is 10.1. The van der Waals surface area contributed by atoms with E-state index in [9.17, 15) is 0 Å². The second-order valence-corrected chi connectivity index (χ2v) is 3.85. The third-order valence-electron chi connectivity index (χ3n) is 1.84. The van der Waals surface area contributed by atoms with E-state index in [-0.39, 0.29) is 0 Å². The van der Waals surface area contributed by atoms with Crippen LogP contribution in [-0.2, 0) is 6.42 Å². The zero-order valence-electron chi connectivity index (χ0n) is 12.1. The van der Waals surface area contributed by atoms with Gasteiger partial charge in [0.25, 0.3) is 0 Å². The fourth-order valence-electron chi connectivity index (χ4n) is 1.32. The molecule has 1 aromatic rings. The molecule has 0 spiro atoms. The molecule has 1 aromatic carbocycles. The van der Waals surface area contributed by atoms with Crippen molar-refractivity contribution in [3.63, 3.8) is 0 Å². The summed E-state index contributed by atoms with van der Waals surface area (Å²) in [6.45, 7) is 14.2. The van der Waals surface area contributed by atoms with Gasteiger partial charge in [-0.3, -0.25) is 0 Å². The van der Waals surface area contributed by atoms with Crippen LogP contribution in [0.2, 0.25) is 0 Å². The van der Waals surface area contributed by atoms with Gasteiger partial charge in [-0.15, -0.1) is 11.8 Å². The Balaban J connectivity index is 0. The van der Waals surface area contributed by atoms with E-state index in [1.807, 2.05) is 53.3 Å². The lowest BCUT2D eigenvalue weighted by Crippen LogP contribution is -1.80. The van der Waals surface area contributed by atoms with E-state index >= 15 is 0 Å². The Kier molecular flexibility index (Phi) is 14.2. The first-order valence-electron chi connectivity index (χ1n) is 6.58. The number of hydrogen-bond donors (Lipinski definition) is 0. The maximum Gasteiger partial charge on any atom is 0.0105 e. The van der Waals surface area contributed by atoms with E-state index < -0.39 is 0 Å². The molecule has 0 aliphatic carbocycles. The Morgan fingerprint density at radius 2 is 1.50 bits per heavy atom. The van der Waals surface area contributed by atoms with Crippen LogP contribution < -0.4 is 0 Å². The third-order valence-corrected chi connectivity index (χ3v) is 2.96. The van der Waals surface area contributed by atoms with Gasteiger partial charge in [0, 0.05) is 10.6 Å². The molecule has 0 amide bonds. The average molecular weight is 240 g/mol. The van der Waals surface area contributed by atoms with Crippen LogP contribution in [0.25, 0.3) is 0 Å². The first-order chi connectivity index (χ1) is 7.86. The predicted octanol–water partition coefficient (Wildman–Crippen LogP) is 5.72. The molecule has 0 bridgehead atoms. The lowest BCUT2D eigenvalue weighted by Gasteiger charge is -1.97. The lowest BCUT2D eigenvalue weighted by molar-refractivity contribution is 1.13. The zero-order valence-corrected chi connectivity index (χ0v) is 12.9. The molecule has 0 nitrogen and oxygen atoms in total. The highest BCUT2D eigenvalue weighted by Gasteiger charge is 2.09. The number of thioether (sulfide) groups is 1. The highest BCUT2D eigenvalue weighted by atomic mass is 32.2. The van der Waals surface area contributed by atoms with E-state index in [0.29, 0.717) is 0 Å². The predicted molar refractivity (Wildman–Crippen MR) is 79.7 cm³/mol. The van der Waals surface area contributed by atoms with Gasteiger partial charge >= 0.3 is 0 Å². The Morgan fingerprint density at radius 3 is 2.06 bits per heavy atom. The second kappa shape index (κ2) is 12.6. The molecule has 0 unspecified atom stereocenters. The largest absolute Gasteiger partial charge is 0.126 e. The van der Waals surface area contributed by atoms with E-state index in [2.05, 4.69) is 25.1 Å². The molecule has 0 fully saturated rings. The summed E-state index contributed by atoms with van der Waals surface area (Å²) < 4.78 is 0. The number of hydrogen-bond acceptors (Lipinski definition) is 1. The van der Waals surface area contributed by atoms with Crippen molar-refractivity contribution in [1.82, 2.24) is 0 Å². The quantitative estimate of drug-likeness (QED) is 0.558. The van der Waals surface area contributed by atoms with E-state index in [0.717, 1.165) is 0 Å². The molecular weight excluding hydrogens is 212 g/mol. The number of aryl methyl sites for hydroxylation is 2. The highest BCUT2D eigenvalue weighted by Crippen LogP contribution is 2.31. The molecule has 1 heterocycles. The van der Waals surface area contributed by atoms with Gasteiger partial charge in [-0.1, -0.05) is 59.2 Å². The zero-order chi connectivity index (χ0) is 13.0. The van der Waals surface area contributed by atoms with Gasteiger partial charge in [0.2, 0.25) is 0 Å². The van der Waals surface area contributed by atoms with Crippen molar-refractivity contribution in [3.8, 4) is 0 Å². The van der Waals surface area contributed by atoms with Crippen molar-refractivity contribution in [2.24, 2.45) is 0 Å². The molecule has 0 saturated carbocycles. The van der Waals surface area contributed by atoms with Crippen molar-refractivity contribution in [2.75, 3.05) is 5.75 Å². The Labute approximate surface area is 107 Å². The molecule has 94 valence electrons. The molecule has 1 aliphatic heterocycles. The molecule has 0 saturated heterocycles. The number of fused-ring (bicyclic) bond motifs is 1. The molecule has 0 radical (unpaired) electrons. The minimum Gasteiger partial charge on any atom is -0.126 e. The average Bonchev–Trinajstić information content (AvgIpc) is 2.84. The van der Waals surface area contributed by atoms with Crippen LogP contribution in [-0.4, -0.2) is 5.75 Å². The minimum absolute atomic E-state index is 1.27.